The molecule has 3 N–H and O–H groups in total. The summed E-state index contributed by atoms with van der Waals surface area (Å²) < 4.78 is 5.85. The minimum Gasteiger partial charge on any atom is -0.390 e. The number of anilines is 2. The predicted octanol–water partition coefficient (Wildman–Crippen LogP) is 3.53. The summed E-state index contributed by atoms with van der Waals surface area (Å²) in [6, 6.07) is 2.11. The molecule has 4 aliphatic rings. The summed E-state index contributed by atoms with van der Waals surface area (Å²) >= 11 is 8.24. The lowest BCUT2D eigenvalue weighted by Crippen LogP contribution is -2.55. The maximum absolute atomic E-state index is 10.1. The molecule has 37 heavy (non-hydrogen) atoms. The third kappa shape index (κ3) is 4.25. The number of aliphatic hydroxyl groups excluding tert-OH is 1. The highest BCUT2D eigenvalue weighted by molar-refractivity contribution is 7.99. The first kappa shape index (κ1) is 25.1. The van der Waals surface area contributed by atoms with Gasteiger partial charge in [0.05, 0.1) is 30.5 Å². The summed E-state index contributed by atoms with van der Waals surface area (Å²) in [7, 11) is 0. The van der Waals surface area contributed by atoms with Crippen molar-refractivity contribution >= 4 is 35.0 Å². The first-order valence-corrected chi connectivity index (χ1v) is 14.2. The van der Waals surface area contributed by atoms with Crippen LogP contribution in [0.2, 0.25) is 5.02 Å². The molecule has 1 saturated carbocycles. The van der Waals surface area contributed by atoms with Crippen molar-refractivity contribution < 1.29 is 9.84 Å². The van der Waals surface area contributed by atoms with Gasteiger partial charge in [-0.05, 0) is 32.3 Å². The topological polar surface area (TPSA) is 105 Å². The molecule has 3 atom stereocenters. The molecule has 6 rings (SSSR count). The lowest BCUT2D eigenvalue weighted by atomic mass is 9.73. The zero-order valence-corrected chi connectivity index (χ0v) is 22.5. The maximum atomic E-state index is 10.1. The van der Waals surface area contributed by atoms with Crippen LogP contribution >= 0.6 is 23.4 Å². The zero-order chi connectivity index (χ0) is 25.8. The van der Waals surface area contributed by atoms with Crippen LogP contribution in [0.15, 0.2) is 28.4 Å². The molecule has 11 heteroatoms. The van der Waals surface area contributed by atoms with Gasteiger partial charge in [0.1, 0.15) is 22.6 Å². The second kappa shape index (κ2) is 9.54. The number of nitrogens with two attached hydrogens (primary N) is 1. The minimum atomic E-state index is -0.258. The highest BCUT2D eigenvalue weighted by atomic mass is 35.5. The van der Waals surface area contributed by atoms with E-state index in [2.05, 4.69) is 26.6 Å². The van der Waals surface area contributed by atoms with E-state index in [1.807, 2.05) is 6.07 Å². The van der Waals surface area contributed by atoms with Crippen molar-refractivity contribution in [3.8, 4) is 0 Å². The lowest BCUT2D eigenvalue weighted by Gasteiger charge is -2.42. The van der Waals surface area contributed by atoms with E-state index in [0.717, 1.165) is 68.3 Å². The molecule has 4 fully saturated rings. The quantitative estimate of drug-likeness (QED) is 0.531. The maximum Gasteiger partial charge on any atom is 0.253 e. The zero-order valence-electron chi connectivity index (χ0n) is 20.9. The minimum absolute atomic E-state index is 0.0255. The molecular formula is C26H32ClN7O2S. The van der Waals surface area contributed by atoms with Gasteiger partial charge < -0.3 is 30.2 Å². The summed E-state index contributed by atoms with van der Waals surface area (Å²) in [5.74, 6) is 1.46. The average molecular weight is 542 g/mol. The Kier molecular flexibility index (Phi) is 6.48. The number of aromatic nitrogens is 3. The molecule has 1 spiro atoms. The Morgan fingerprint density at radius 1 is 1.24 bits per heavy atom. The smallest absolute Gasteiger partial charge is 0.253 e. The van der Waals surface area contributed by atoms with Gasteiger partial charge in [-0.1, -0.05) is 23.4 Å². The van der Waals surface area contributed by atoms with E-state index in [1.165, 1.54) is 11.8 Å². The number of pyridine rings is 1. The van der Waals surface area contributed by atoms with E-state index < -0.39 is 0 Å². The molecule has 1 unspecified atom stereocenters. The van der Waals surface area contributed by atoms with Crippen molar-refractivity contribution in [3.05, 3.63) is 40.6 Å². The molecule has 2 aromatic rings. The number of nitrogens with zero attached hydrogens (tertiary/aromatic N) is 6. The van der Waals surface area contributed by atoms with E-state index in [-0.39, 0.29) is 35.7 Å². The molecule has 9 nitrogen and oxygen atoms in total. The molecule has 196 valence electrons. The van der Waals surface area contributed by atoms with Crippen LogP contribution in [0.25, 0.3) is 4.85 Å². The second-order valence-electron chi connectivity index (χ2n) is 10.8. The highest BCUT2D eigenvalue weighted by Crippen LogP contribution is 2.51. The van der Waals surface area contributed by atoms with Crippen molar-refractivity contribution in [2.45, 2.75) is 79.3 Å². The van der Waals surface area contributed by atoms with Crippen LogP contribution in [-0.2, 0) is 11.3 Å². The average Bonchev–Trinajstić information content (AvgIpc) is 3.63. The van der Waals surface area contributed by atoms with Crippen LogP contribution in [0.3, 0.4) is 0 Å². The Balaban J connectivity index is 1.17. The van der Waals surface area contributed by atoms with Gasteiger partial charge in [0.15, 0.2) is 5.82 Å². The summed E-state index contributed by atoms with van der Waals surface area (Å²) in [5, 5.41) is 11.4. The first-order chi connectivity index (χ1) is 17.9. The van der Waals surface area contributed by atoms with Crippen LogP contribution < -0.4 is 15.5 Å². The Labute approximate surface area is 226 Å². The van der Waals surface area contributed by atoms with E-state index in [9.17, 15) is 5.11 Å². The van der Waals surface area contributed by atoms with E-state index in [4.69, 9.17) is 38.6 Å². The molecule has 0 radical (unpaired) electrons. The van der Waals surface area contributed by atoms with E-state index in [0.29, 0.717) is 22.3 Å². The second-order valence-corrected chi connectivity index (χ2v) is 12.2. The number of halogens is 1. The number of rotatable bonds is 6. The normalized spacial score (nSPS) is 27.7. The van der Waals surface area contributed by atoms with Gasteiger partial charge in [0.2, 0.25) is 0 Å². The standard InChI is InChI=1S/C26H32ClN7O2S/c1-16-22(28)25(15-36-16)7-11-33(12-8-25)23-17(14-35)32-20(13-31-23)37-18-3-9-30-24(21(18)27)34-10-4-19(34)26(29-2)5-6-26/h3,9,13,16,19,22,35H,4-8,10-12,14-15,28H2,1H3/t16-,19?,22+/m0/s1. The number of hydrogen-bond acceptors (Lipinski definition) is 9. The largest absolute Gasteiger partial charge is 0.390 e. The van der Waals surface area contributed by atoms with Crippen molar-refractivity contribution in [1.82, 2.24) is 15.0 Å². The van der Waals surface area contributed by atoms with Crippen molar-refractivity contribution in [1.29, 1.82) is 0 Å². The van der Waals surface area contributed by atoms with Crippen LogP contribution in [0.4, 0.5) is 11.6 Å². The summed E-state index contributed by atoms with van der Waals surface area (Å²) in [6.07, 6.45) is 8.36. The molecular weight excluding hydrogens is 510 g/mol. The molecule has 3 aliphatic heterocycles. The van der Waals surface area contributed by atoms with Gasteiger partial charge in [0, 0.05) is 55.0 Å². The monoisotopic (exact) mass is 541 g/mol. The molecule has 3 saturated heterocycles. The molecule has 0 bridgehead atoms. The van der Waals surface area contributed by atoms with Crippen molar-refractivity contribution in [2.75, 3.05) is 36.0 Å². The number of aliphatic hydroxyl groups is 1. The van der Waals surface area contributed by atoms with Crippen LogP contribution in [0.5, 0.6) is 0 Å². The van der Waals surface area contributed by atoms with Gasteiger partial charge in [-0.25, -0.2) is 21.5 Å². The van der Waals surface area contributed by atoms with Crippen molar-refractivity contribution in [2.24, 2.45) is 11.1 Å². The van der Waals surface area contributed by atoms with Crippen molar-refractivity contribution in [3.63, 3.8) is 0 Å². The van der Waals surface area contributed by atoms with Crippen LogP contribution in [0, 0.1) is 12.0 Å². The molecule has 0 aromatic carbocycles. The fourth-order valence-corrected chi connectivity index (χ4v) is 7.25. The van der Waals surface area contributed by atoms with Crippen LogP contribution in [0.1, 0.15) is 44.7 Å². The Hall–Kier alpha value is -2.16. The third-order valence-corrected chi connectivity index (χ3v) is 10.3. The number of piperidine rings is 1. The lowest BCUT2D eigenvalue weighted by molar-refractivity contribution is 0.0973. The van der Waals surface area contributed by atoms with Gasteiger partial charge in [-0.15, -0.1) is 0 Å². The Bertz CT molecular complexity index is 1230. The fraction of sp³-hybridized carbons (Fsp3) is 0.615. The first-order valence-electron chi connectivity index (χ1n) is 13.0. The fourth-order valence-electron chi connectivity index (χ4n) is 6.11. The molecule has 2 aromatic heterocycles. The summed E-state index contributed by atoms with van der Waals surface area (Å²) in [6.45, 7) is 12.7. The van der Waals surface area contributed by atoms with Gasteiger partial charge in [-0.3, -0.25) is 0 Å². The van der Waals surface area contributed by atoms with Gasteiger partial charge in [-0.2, -0.15) is 0 Å². The predicted molar refractivity (Wildman–Crippen MR) is 143 cm³/mol. The molecule has 0 amide bonds. The number of ether oxygens (including phenoxy) is 1. The van der Waals surface area contributed by atoms with Gasteiger partial charge in [0.25, 0.3) is 5.54 Å². The number of hydrogen-bond donors (Lipinski definition) is 2. The van der Waals surface area contributed by atoms with E-state index >= 15 is 0 Å². The summed E-state index contributed by atoms with van der Waals surface area (Å²) in [4.78, 5) is 23.1. The SMILES string of the molecule is [C-]#[N+]C1(C2CCN2c2nccc(Sc3cnc(N4CCC5(CC4)CO[C@@H](C)[C@H]5N)c(CO)n3)c2Cl)CC1. The van der Waals surface area contributed by atoms with Crippen LogP contribution in [-0.4, -0.2) is 70.0 Å². The van der Waals surface area contributed by atoms with Gasteiger partial charge >= 0.3 is 0 Å². The highest BCUT2D eigenvalue weighted by Gasteiger charge is 2.62. The Morgan fingerprint density at radius 3 is 2.62 bits per heavy atom. The van der Waals surface area contributed by atoms with E-state index in [1.54, 1.807) is 12.4 Å². The molecule has 1 aliphatic carbocycles. The Morgan fingerprint density at radius 2 is 2.03 bits per heavy atom. The summed E-state index contributed by atoms with van der Waals surface area (Å²) in [5.41, 5.74) is 6.79. The third-order valence-electron chi connectivity index (χ3n) is 8.80. The molecule has 5 heterocycles.